The minimum absolute atomic E-state index is 0.129. The van der Waals surface area contributed by atoms with E-state index >= 15 is 0 Å². The summed E-state index contributed by atoms with van der Waals surface area (Å²) in [7, 11) is 0. The number of amides is 1. The topological polar surface area (TPSA) is 65.1 Å². The van der Waals surface area contributed by atoms with E-state index in [1.54, 1.807) is 0 Å². The molecule has 154 valence electrons. The van der Waals surface area contributed by atoms with Gasteiger partial charge in [-0.2, -0.15) is 0 Å². The zero-order valence-corrected chi connectivity index (χ0v) is 17.5. The highest BCUT2D eigenvalue weighted by Crippen LogP contribution is 2.30. The van der Waals surface area contributed by atoms with Crippen molar-refractivity contribution in [1.29, 1.82) is 0 Å². The Labute approximate surface area is 173 Å². The molecule has 29 heavy (non-hydrogen) atoms. The lowest BCUT2D eigenvalue weighted by atomic mass is 9.89. The van der Waals surface area contributed by atoms with Crippen LogP contribution in [0.15, 0.2) is 30.5 Å². The fourth-order valence-electron chi connectivity index (χ4n) is 4.34. The van der Waals surface area contributed by atoms with Crippen LogP contribution in [0.2, 0.25) is 0 Å². The summed E-state index contributed by atoms with van der Waals surface area (Å²) in [5, 5.41) is 0. The summed E-state index contributed by atoms with van der Waals surface area (Å²) in [6, 6.07) is 3.96. The van der Waals surface area contributed by atoms with Crippen molar-refractivity contribution in [2.45, 2.75) is 52.0 Å². The molecule has 0 unspecified atom stereocenters. The first kappa shape index (κ1) is 19.8. The molecule has 2 aromatic heterocycles. The molecule has 0 bridgehead atoms. The Kier molecular flexibility index (Phi) is 6.09. The maximum atomic E-state index is 13.1. The van der Waals surface area contributed by atoms with E-state index < -0.39 is 0 Å². The summed E-state index contributed by atoms with van der Waals surface area (Å²) in [5.74, 6) is 1.52. The van der Waals surface area contributed by atoms with Gasteiger partial charge in [0.05, 0.1) is 11.3 Å². The van der Waals surface area contributed by atoms with E-state index in [1.165, 1.54) is 5.69 Å². The molecule has 4 heterocycles. The molecule has 1 saturated heterocycles. The largest absolute Gasteiger partial charge is 0.345 e. The van der Waals surface area contributed by atoms with Gasteiger partial charge >= 0.3 is 0 Å². The van der Waals surface area contributed by atoms with Crippen LogP contribution in [0.1, 0.15) is 65.4 Å². The van der Waals surface area contributed by atoms with Crippen LogP contribution >= 0.6 is 0 Å². The Balaban J connectivity index is 1.44. The smallest absolute Gasteiger partial charge is 0.256 e. The number of H-pyrrole nitrogens is 1. The van der Waals surface area contributed by atoms with Crippen molar-refractivity contribution in [3.8, 4) is 0 Å². The average molecular weight is 394 g/mol. The number of piperidine rings is 1. The van der Waals surface area contributed by atoms with E-state index in [2.05, 4.69) is 33.9 Å². The minimum Gasteiger partial charge on any atom is -0.345 e. The third-order valence-corrected chi connectivity index (χ3v) is 6.02. The van der Waals surface area contributed by atoms with Crippen molar-refractivity contribution >= 4 is 5.91 Å². The predicted molar refractivity (Wildman–Crippen MR) is 114 cm³/mol. The van der Waals surface area contributed by atoms with Crippen LogP contribution in [0.3, 0.4) is 0 Å². The quantitative estimate of drug-likeness (QED) is 0.790. The van der Waals surface area contributed by atoms with Gasteiger partial charge in [-0.25, -0.2) is 4.98 Å². The lowest BCUT2D eigenvalue weighted by Crippen LogP contribution is -2.36. The first-order valence-corrected chi connectivity index (χ1v) is 10.8. The fourth-order valence-corrected chi connectivity index (χ4v) is 4.34. The van der Waals surface area contributed by atoms with Crippen LogP contribution in [0.25, 0.3) is 0 Å². The van der Waals surface area contributed by atoms with Crippen molar-refractivity contribution in [1.82, 2.24) is 24.8 Å². The number of nitrogens with one attached hydrogen (secondary N) is 1. The molecule has 2 aliphatic heterocycles. The number of hydrogen-bond donors (Lipinski definition) is 1. The van der Waals surface area contributed by atoms with Crippen LogP contribution in [0.5, 0.6) is 0 Å². The van der Waals surface area contributed by atoms with Gasteiger partial charge in [0.1, 0.15) is 5.82 Å². The van der Waals surface area contributed by atoms with Gasteiger partial charge < -0.3 is 9.88 Å². The monoisotopic (exact) mass is 393 g/mol. The molecule has 6 nitrogen and oxygen atoms in total. The third-order valence-electron chi connectivity index (χ3n) is 6.02. The molecule has 0 aliphatic carbocycles. The maximum absolute atomic E-state index is 13.1. The average Bonchev–Trinajstić information content (AvgIpc) is 3.22. The second-order valence-electron chi connectivity index (χ2n) is 8.16. The van der Waals surface area contributed by atoms with Gasteiger partial charge in [0.2, 0.25) is 0 Å². The number of aromatic nitrogens is 3. The molecule has 4 rings (SSSR count). The van der Waals surface area contributed by atoms with Gasteiger partial charge in [-0.05, 0) is 51.4 Å². The Hall–Kier alpha value is -2.47. The number of pyridine rings is 1. The Morgan fingerprint density at radius 2 is 2.03 bits per heavy atom. The third kappa shape index (κ3) is 4.58. The van der Waals surface area contributed by atoms with E-state index in [-0.39, 0.29) is 5.91 Å². The van der Waals surface area contributed by atoms with Gasteiger partial charge in [-0.1, -0.05) is 19.1 Å². The van der Waals surface area contributed by atoms with Gasteiger partial charge in [-0.15, -0.1) is 0 Å². The second kappa shape index (κ2) is 8.91. The van der Waals surface area contributed by atoms with Gasteiger partial charge in [0.25, 0.3) is 5.91 Å². The molecule has 0 aromatic carbocycles. The van der Waals surface area contributed by atoms with E-state index in [0.29, 0.717) is 12.5 Å². The van der Waals surface area contributed by atoms with E-state index in [1.807, 2.05) is 30.2 Å². The molecule has 0 spiro atoms. The van der Waals surface area contributed by atoms with Gasteiger partial charge in [0, 0.05) is 49.6 Å². The molecule has 6 heteroatoms. The lowest BCUT2D eigenvalue weighted by Gasteiger charge is -2.32. The summed E-state index contributed by atoms with van der Waals surface area (Å²) in [6.07, 6.45) is 10.1. The number of imidazole rings is 1. The molecule has 1 amide bonds. The van der Waals surface area contributed by atoms with E-state index in [9.17, 15) is 4.79 Å². The fraction of sp³-hybridized carbons (Fsp3) is 0.522. The number of likely N-dealkylation sites (tertiary alicyclic amines) is 1. The van der Waals surface area contributed by atoms with Crippen LogP contribution < -0.4 is 0 Å². The summed E-state index contributed by atoms with van der Waals surface area (Å²) in [5.41, 5.74) is 3.97. The molecular weight excluding hydrogens is 362 g/mol. The van der Waals surface area contributed by atoms with E-state index in [4.69, 9.17) is 4.98 Å². The van der Waals surface area contributed by atoms with Gasteiger partial charge in [-0.3, -0.25) is 14.7 Å². The van der Waals surface area contributed by atoms with Crippen molar-refractivity contribution in [2.75, 3.05) is 26.2 Å². The number of hydrogen-bond acceptors (Lipinski definition) is 4. The number of nitrogens with zero attached hydrogens (tertiary/aromatic N) is 4. The maximum Gasteiger partial charge on any atom is 0.256 e. The molecule has 1 N–H and O–H groups in total. The number of aromatic amines is 1. The Bertz CT molecular complexity index is 879. The van der Waals surface area contributed by atoms with Crippen LogP contribution in [0.4, 0.5) is 0 Å². The highest BCUT2D eigenvalue weighted by molar-refractivity contribution is 5.95. The van der Waals surface area contributed by atoms with Crippen LogP contribution in [-0.4, -0.2) is 56.8 Å². The normalized spacial score (nSPS) is 18.3. The van der Waals surface area contributed by atoms with Crippen molar-refractivity contribution < 1.29 is 4.79 Å². The van der Waals surface area contributed by atoms with Crippen LogP contribution in [-0.2, 0) is 13.0 Å². The first-order valence-electron chi connectivity index (χ1n) is 10.8. The molecule has 2 aromatic rings. The molecule has 2 aliphatic rings. The van der Waals surface area contributed by atoms with Crippen molar-refractivity contribution in [3.63, 3.8) is 0 Å². The van der Waals surface area contributed by atoms with Crippen LogP contribution in [0, 0.1) is 6.92 Å². The SMILES string of the molecule is CCc1ncc(CN2CCC(c3nc(C)ccc3C(=O)N3CC=CCC3)CC2)[nH]1. The lowest BCUT2D eigenvalue weighted by molar-refractivity contribution is 0.0767. The summed E-state index contributed by atoms with van der Waals surface area (Å²) in [4.78, 5) is 30.2. The van der Waals surface area contributed by atoms with Gasteiger partial charge in [0.15, 0.2) is 0 Å². The van der Waals surface area contributed by atoms with E-state index in [0.717, 1.165) is 74.6 Å². The molecule has 0 saturated carbocycles. The van der Waals surface area contributed by atoms with Crippen molar-refractivity contribution in [3.05, 3.63) is 59.0 Å². The summed E-state index contributed by atoms with van der Waals surface area (Å²) < 4.78 is 0. The molecule has 0 atom stereocenters. The number of carbonyl (C=O) groups excluding carboxylic acids is 1. The Morgan fingerprint density at radius 3 is 2.72 bits per heavy atom. The Morgan fingerprint density at radius 1 is 1.21 bits per heavy atom. The zero-order valence-electron chi connectivity index (χ0n) is 17.5. The van der Waals surface area contributed by atoms with Crippen molar-refractivity contribution in [2.24, 2.45) is 0 Å². The highest BCUT2D eigenvalue weighted by atomic mass is 16.2. The standard InChI is InChI=1S/C23H31N5O/c1-3-21-24-15-19(26-21)16-27-13-9-18(10-14-27)22-20(8-7-17(2)25-22)23(29)28-11-5-4-6-12-28/h4-5,7-8,15,18H,3,6,9-14,16H2,1-2H3,(H,24,26). The predicted octanol–water partition coefficient (Wildman–Crippen LogP) is 3.46. The molecule has 1 fully saturated rings. The number of aryl methyl sites for hydroxylation is 2. The minimum atomic E-state index is 0.129. The summed E-state index contributed by atoms with van der Waals surface area (Å²) in [6.45, 7) is 8.57. The number of rotatable bonds is 5. The zero-order chi connectivity index (χ0) is 20.2. The summed E-state index contributed by atoms with van der Waals surface area (Å²) >= 11 is 0. The second-order valence-corrected chi connectivity index (χ2v) is 8.16. The number of carbonyl (C=O) groups is 1. The molecule has 0 radical (unpaired) electrons. The first-order chi connectivity index (χ1) is 14.1. The highest BCUT2D eigenvalue weighted by Gasteiger charge is 2.28. The molecular formula is C23H31N5O.